The zero-order valence-corrected chi connectivity index (χ0v) is 29.9. The van der Waals surface area contributed by atoms with Crippen molar-refractivity contribution >= 4 is 11.9 Å². The van der Waals surface area contributed by atoms with E-state index in [9.17, 15) is 9.59 Å². The quantitative estimate of drug-likeness (QED) is 0.0544. The van der Waals surface area contributed by atoms with Crippen molar-refractivity contribution in [3.05, 3.63) is 12.2 Å². The summed E-state index contributed by atoms with van der Waals surface area (Å²) in [6, 6.07) is 0. The van der Waals surface area contributed by atoms with Gasteiger partial charge < -0.3 is 10.2 Å². The van der Waals surface area contributed by atoms with E-state index in [1.54, 1.807) is 0 Å². The summed E-state index contributed by atoms with van der Waals surface area (Å²) in [7, 11) is 0. The van der Waals surface area contributed by atoms with Gasteiger partial charge in [0.1, 0.15) is 0 Å². The molecule has 0 saturated carbocycles. The van der Waals surface area contributed by atoms with E-state index < -0.39 is 11.9 Å². The van der Waals surface area contributed by atoms with Crippen molar-refractivity contribution in [2.45, 2.75) is 232 Å². The lowest BCUT2D eigenvalue weighted by Crippen LogP contribution is -1.93. The second kappa shape index (κ2) is 41.7. The van der Waals surface area contributed by atoms with Crippen molar-refractivity contribution in [3.8, 4) is 0 Å². The van der Waals surface area contributed by atoms with E-state index in [1.807, 2.05) is 0 Å². The molecular weight excluding hydrogens is 544 g/mol. The van der Waals surface area contributed by atoms with Gasteiger partial charge in [-0.15, -0.1) is 0 Å². The third-order valence-electron chi connectivity index (χ3n) is 8.65. The molecular formula is C40H78O4. The van der Waals surface area contributed by atoms with E-state index in [-0.39, 0.29) is 0 Å². The van der Waals surface area contributed by atoms with Gasteiger partial charge in [-0.1, -0.05) is 193 Å². The van der Waals surface area contributed by atoms with Crippen LogP contribution in [0.5, 0.6) is 0 Å². The smallest absolute Gasteiger partial charge is 0.303 e. The second-order valence-corrected chi connectivity index (χ2v) is 13.2. The molecule has 0 bridgehead atoms. The summed E-state index contributed by atoms with van der Waals surface area (Å²) >= 11 is 0. The Kier molecular flexibility index (Phi) is 42.4. The van der Waals surface area contributed by atoms with Gasteiger partial charge in [0.2, 0.25) is 0 Å². The van der Waals surface area contributed by atoms with Crippen molar-refractivity contribution in [2.75, 3.05) is 0 Å². The number of aliphatic carboxylic acids is 2. The van der Waals surface area contributed by atoms with Gasteiger partial charge in [-0.05, 0) is 38.5 Å². The van der Waals surface area contributed by atoms with Gasteiger partial charge in [0.15, 0.2) is 0 Å². The zero-order valence-electron chi connectivity index (χ0n) is 29.9. The standard InChI is InChI=1S/C20H40O2.C20H38O2/c2*1-2-3-4-5-6-7-8-9-10-11-12-13-14-15-16-17-18-19-20(21)22/h2-19H2,1H3,(H,21,22);9-10H,2-8,11-19H2,1H3,(H,21,22). The minimum Gasteiger partial charge on any atom is -0.481 e. The van der Waals surface area contributed by atoms with Gasteiger partial charge in [0, 0.05) is 12.8 Å². The molecule has 0 saturated heterocycles. The highest BCUT2D eigenvalue weighted by molar-refractivity contribution is 5.66. The highest BCUT2D eigenvalue weighted by Crippen LogP contribution is 2.15. The fourth-order valence-corrected chi connectivity index (χ4v) is 5.70. The van der Waals surface area contributed by atoms with Crippen LogP contribution in [0.25, 0.3) is 0 Å². The first-order valence-electron chi connectivity index (χ1n) is 19.6. The first-order chi connectivity index (χ1) is 21.5. The fraction of sp³-hybridized carbons (Fsp3) is 0.900. The van der Waals surface area contributed by atoms with Crippen LogP contribution in [0.1, 0.15) is 232 Å². The molecule has 0 radical (unpaired) electrons. The van der Waals surface area contributed by atoms with Crippen LogP contribution in [0.2, 0.25) is 0 Å². The minimum atomic E-state index is -0.659. The van der Waals surface area contributed by atoms with E-state index in [0.29, 0.717) is 12.8 Å². The SMILES string of the molecule is CCCCCCCCC=CCCCCCCCCCC(=O)O.CCCCCCCCCCCCCCCCCCCC(=O)O. The van der Waals surface area contributed by atoms with E-state index >= 15 is 0 Å². The molecule has 0 aromatic rings. The molecule has 0 atom stereocenters. The molecule has 44 heavy (non-hydrogen) atoms. The zero-order chi connectivity index (χ0) is 32.6. The topological polar surface area (TPSA) is 74.6 Å². The molecule has 0 fully saturated rings. The minimum absolute atomic E-state index is 0.337. The number of allylic oxidation sites excluding steroid dienone is 2. The number of hydrogen-bond donors (Lipinski definition) is 2. The highest BCUT2D eigenvalue weighted by atomic mass is 16.4. The normalized spacial score (nSPS) is 11.1. The maximum Gasteiger partial charge on any atom is 0.303 e. The van der Waals surface area contributed by atoms with E-state index in [1.165, 1.54) is 180 Å². The summed E-state index contributed by atoms with van der Waals surface area (Å²) < 4.78 is 0. The average Bonchev–Trinajstić information content (AvgIpc) is 3.00. The van der Waals surface area contributed by atoms with Crippen molar-refractivity contribution in [1.82, 2.24) is 0 Å². The van der Waals surface area contributed by atoms with Gasteiger partial charge in [-0.3, -0.25) is 9.59 Å². The number of hydrogen-bond acceptors (Lipinski definition) is 2. The number of carboxylic acids is 2. The summed E-state index contributed by atoms with van der Waals surface area (Å²) in [5, 5.41) is 17.1. The van der Waals surface area contributed by atoms with Crippen LogP contribution < -0.4 is 0 Å². The van der Waals surface area contributed by atoms with Crippen LogP contribution in [-0.2, 0) is 9.59 Å². The third kappa shape index (κ3) is 47.6. The molecule has 0 rings (SSSR count). The molecule has 4 nitrogen and oxygen atoms in total. The predicted octanol–water partition coefficient (Wildman–Crippen LogP) is 14.0. The molecule has 0 spiro atoms. The monoisotopic (exact) mass is 623 g/mol. The molecule has 0 aromatic carbocycles. The summed E-state index contributed by atoms with van der Waals surface area (Å²) in [6.07, 6.45) is 47.3. The van der Waals surface area contributed by atoms with Crippen LogP contribution in [0.15, 0.2) is 12.2 Å². The Labute approximate surface area is 275 Å². The summed E-state index contributed by atoms with van der Waals surface area (Å²) in [5.41, 5.74) is 0. The molecule has 0 unspecified atom stereocenters. The fourth-order valence-electron chi connectivity index (χ4n) is 5.70. The molecule has 0 aromatic heterocycles. The average molecular weight is 623 g/mol. The van der Waals surface area contributed by atoms with Gasteiger partial charge in [-0.2, -0.15) is 0 Å². The van der Waals surface area contributed by atoms with Crippen LogP contribution >= 0.6 is 0 Å². The highest BCUT2D eigenvalue weighted by Gasteiger charge is 1.98. The van der Waals surface area contributed by atoms with E-state index in [2.05, 4.69) is 26.0 Å². The Morgan fingerprint density at radius 1 is 0.341 bits per heavy atom. The van der Waals surface area contributed by atoms with Crippen molar-refractivity contribution in [2.24, 2.45) is 0 Å². The molecule has 0 aliphatic carbocycles. The number of carboxylic acid groups (broad SMARTS) is 2. The van der Waals surface area contributed by atoms with Crippen LogP contribution in [0.3, 0.4) is 0 Å². The predicted molar refractivity (Wildman–Crippen MR) is 193 cm³/mol. The lowest BCUT2D eigenvalue weighted by molar-refractivity contribution is -0.138. The van der Waals surface area contributed by atoms with Crippen LogP contribution in [0.4, 0.5) is 0 Å². The van der Waals surface area contributed by atoms with Gasteiger partial charge >= 0.3 is 11.9 Å². The Morgan fingerprint density at radius 2 is 0.545 bits per heavy atom. The first-order valence-corrected chi connectivity index (χ1v) is 19.6. The largest absolute Gasteiger partial charge is 0.481 e. The molecule has 4 heteroatoms. The molecule has 262 valence electrons. The van der Waals surface area contributed by atoms with E-state index in [4.69, 9.17) is 10.2 Å². The summed E-state index contributed by atoms with van der Waals surface area (Å²) in [6.45, 7) is 4.54. The Morgan fingerprint density at radius 3 is 0.773 bits per heavy atom. The van der Waals surface area contributed by atoms with Crippen molar-refractivity contribution < 1.29 is 19.8 Å². The number of unbranched alkanes of at least 4 members (excludes halogenated alkanes) is 29. The molecule has 2 N–H and O–H groups in total. The second-order valence-electron chi connectivity index (χ2n) is 13.2. The first kappa shape index (κ1) is 44.8. The third-order valence-corrected chi connectivity index (χ3v) is 8.65. The molecule has 0 aliphatic heterocycles. The van der Waals surface area contributed by atoms with Gasteiger partial charge in [0.05, 0.1) is 0 Å². The number of rotatable bonds is 35. The molecule has 0 heterocycles. The van der Waals surface area contributed by atoms with Crippen LogP contribution in [-0.4, -0.2) is 22.2 Å². The number of carbonyl (C=O) groups is 2. The van der Waals surface area contributed by atoms with Gasteiger partial charge in [0.25, 0.3) is 0 Å². The maximum absolute atomic E-state index is 10.4. The molecule has 0 aliphatic rings. The lowest BCUT2D eigenvalue weighted by atomic mass is 10.0. The molecule has 0 amide bonds. The van der Waals surface area contributed by atoms with Crippen LogP contribution in [0, 0.1) is 0 Å². The maximum atomic E-state index is 10.4. The Balaban J connectivity index is 0. The van der Waals surface area contributed by atoms with E-state index in [0.717, 1.165) is 25.7 Å². The summed E-state index contributed by atoms with van der Waals surface area (Å²) in [5.74, 6) is -1.31. The van der Waals surface area contributed by atoms with Crippen molar-refractivity contribution in [3.63, 3.8) is 0 Å². The Hall–Kier alpha value is -1.32. The Bertz CT molecular complexity index is 586. The van der Waals surface area contributed by atoms with Crippen molar-refractivity contribution in [1.29, 1.82) is 0 Å². The van der Waals surface area contributed by atoms with Gasteiger partial charge in [-0.25, -0.2) is 0 Å². The lowest BCUT2D eigenvalue weighted by Gasteiger charge is -2.03. The summed E-state index contributed by atoms with van der Waals surface area (Å²) in [4.78, 5) is 20.7.